The number of alkyl halides is 3. The Kier molecular flexibility index (Phi) is 2.78. The average molecular weight is 218 g/mol. The van der Waals surface area contributed by atoms with Crippen LogP contribution in [0.4, 0.5) is 13.2 Å². The second kappa shape index (κ2) is 3.72. The minimum absolute atomic E-state index is 0.356. The van der Waals surface area contributed by atoms with Gasteiger partial charge >= 0.3 is 12.1 Å². The molecule has 0 atom stereocenters. The van der Waals surface area contributed by atoms with E-state index in [2.05, 4.69) is 0 Å². The Hall–Kier alpha value is -1.85. The van der Waals surface area contributed by atoms with Crippen molar-refractivity contribution in [1.82, 2.24) is 0 Å². The second-order valence-corrected chi connectivity index (χ2v) is 2.71. The van der Waals surface area contributed by atoms with Crippen molar-refractivity contribution in [1.29, 1.82) is 0 Å². The third-order valence-corrected chi connectivity index (χ3v) is 1.63. The lowest BCUT2D eigenvalue weighted by Gasteiger charge is -2.05. The minimum Gasteiger partial charge on any atom is -0.478 e. The van der Waals surface area contributed by atoms with Crippen LogP contribution in [0.3, 0.4) is 0 Å². The predicted octanol–water partition coefficient (Wildman–Crippen LogP) is 2.13. The Morgan fingerprint density at radius 3 is 2.13 bits per heavy atom. The Balaban J connectivity index is 3.12. The van der Waals surface area contributed by atoms with Crippen LogP contribution in [0.2, 0.25) is 0 Å². The summed E-state index contributed by atoms with van der Waals surface area (Å²) in [7, 11) is 0. The number of aromatic carboxylic acids is 1. The first-order valence-corrected chi connectivity index (χ1v) is 3.77. The van der Waals surface area contributed by atoms with Gasteiger partial charge in [-0.05, 0) is 12.1 Å². The smallest absolute Gasteiger partial charge is 0.454 e. The maximum absolute atomic E-state index is 12.0. The van der Waals surface area contributed by atoms with E-state index in [4.69, 9.17) is 5.11 Å². The number of benzene rings is 1. The van der Waals surface area contributed by atoms with Crippen molar-refractivity contribution < 1.29 is 27.9 Å². The number of rotatable bonds is 2. The zero-order chi connectivity index (χ0) is 11.6. The first-order chi connectivity index (χ1) is 6.82. The van der Waals surface area contributed by atoms with Gasteiger partial charge in [0.25, 0.3) is 5.78 Å². The number of hydrogen-bond acceptors (Lipinski definition) is 2. The molecule has 0 amide bonds. The van der Waals surface area contributed by atoms with Crippen molar-refractivity contribution in [2.75, 3.05) is 0 Å². The fourth-order valence-corrected chi connectivity index (χ4v) is 0.957. The average Bonchev–Trinajstić information content (AvgIpc) is 2.15. The number of Topliss-reactive ketones (excluding diaryl/α,β-unsaturated/α-hetero) is 1. The summed E-state index contributed by atoms with van der Waals surface area (Å²) in [4.78, 5) is 21.2. The van der Waals surface area contributed by atoms with E-state index in [1.165, 1.54) is 0 Å². The fraction of sp³-hybridized carbons (Fsp3) is 0.111. The molecule has 1 aromatic rings. The third-order valence-electron chi connectivity index (χ3n) is 1.63. The lowest BCUT2D eigenvalue weighted by molar-refractivity contribution is -0.0885. The van der Waals surface area contributed by atoms with Crippen molar-refractivity contribution in [2.45, 2.75) is 6.18 Å². The quantitative estimate of drug-likeness (QED) is 0.773. The molecule has 0 aliphatic heterocycles. The van der Waals surface area contributed by atoms with Gasteiger partial charge in [-0.1, -0.05) is 12.1 Å². The molecule has 80 valence electrons. The zero-order valence-corrected chi connectivity index (χ0v) is 7.21. The molecule has 0 aromatic heterocycles. The highest BCUT2D eigenvalue weighted by atomic mass is 19.4. The Labute approximate surface area is 82.1 Å². The number of carbonyl (C=O) groups is 2. The zero-order valence-electron chi connectivity index (χ0n) is 7.21. The molecule has 0 bridgehead atoms. The number of carboxylic acid groups (broad SMARTS) is 1. The summed E-state index contributed by atoms with van der Waals surface area (Å²) < 4.78 is 35.9. The minimum atomic E-state index is -4.99. The van der Waals surface area contributed by atoms with Crippen molar-refractivity contribution in [2.24, 2.45) is 0 Å². The second-order valence-electron chi connectivity index (χ2n) is 2.71. The molecular weight excluding hydrogens is 213 g/mol. The van der Waals surface area contributed by atoms with E-state index in [-0.39, 0.29) is 5.56 Å². The van der Waals surface area contributed by atoms with E-state index < -0.39 is 23.5 Å². The highest BCUT2D eigenvalue weighted by molar-refractivity contribution is 6.02. The number of ketones is 1. The molecule has 0 aliphatic carbocycles. The summed E-state index contributed by atoms with van der Waals surface area (Å²) in [5, 5.41) is 8.50. The lowest BCUT2D eigenvalue weighted by atomic mass is 10.1. The van der Waals surface area contributed by atoms with Gasteiger partial charge in [0, 0.05) is 5.56 Å². The molecule has 0 spiro atoms. The van der Waals surface area contributed by atoms with E-state index in [9.17, 15) is 22.8 Å². The Morgan fingerprint density at radius 1 is 1.13 bits per heavy atom. The van der Waals surface area contributed by atoms with Crippen LogP contribution in [-0.4, -0.2) is 23.0 Å². The van der Waals surface area contributed by atoms with Crippen LogP contribution in [0.25, 0.3) is 0 Å². The summed E-state index contributed by atoms with van der Waals surface area (Å²) in [6, 6.07) is 3.80. The molecule has 0 aliphatic rings. The molecule has 0 radical (unpaired) electrons. The van der Waals surface area contributed by atoms with E-state index in [0.29, 0.717) is 6.07 Å². The van der Waals surface area contributed by atoms with Gasteiger partial charge in [0.05, 0.1) is 5.56 Å². The molecule has 1 aromatic carbocycles. The van der Waals surface area contributed by atoms with Crippen LogP contribution in [-0.2, 0) is 0 Å². The number of carbonyl (C=O) groups excluding carboxylic acids is 1. The molecule has 0 saturated heterocycles. The van der Waals surface area contributed by atoms with Crippen LogP contribution in [0.1, 0.15) is 20.7 Å². The van der Waals surface area contributed by atoms with Gasteiger partial charge in [-0.3, -0.25) is 4.79 Å². The number of carboxylic acids is 1. The molecule has 0 heterocycles. The van der Waals surface area contributed by atoms with Gasteiger partial charge < -0.3 is 5.11 Å². The van der Waals surface area contributed by atoms with Crippen molar-refractivity contribution >= 4 is 11.8 Å². The highest BCUT2D eigenvalue weighted by Crippen LogP contribution is 2.21. The number of halogens is 3. The third kappa shape index (κ3) is 2.55. The molecule has 0 saturated carbocycles. The summed E-state index contributed by atoms with van der Waals surface area (Å²) in [6.45, 7) is 0. The van der Waals surface area contributed by atoms with Gasteiger partial charge in [-0.25, -0.2) is 4.79 Å². The number of hydrogen-bond donors (Lipinski definition) is 1. The van der Waals surface area contributed by atoms with E-state index >= 15 is 0 Å². The largest absolute Gasteiger partial charge is 0.478 e. The first kappa shape index (κ1) is 11.2. The topological polar surface area (TPSA) is 54.4 Å². The molecule has 1 N–H and O–H groups in total. The monoisotopic (exact) mass is 218 g/mol. The van der Waals surface area contributed by atoms with Crippen LogP contribution < -0.4 is 0 Å². The van der Waals surface area contributed by atoms with Crippen LogP contribution in [0.15, 0.2) is 24.3 Å². The molecule has 0 fully saturated rings. The van der Waals surface area contributed by atoms with Gasteiger partial charge in [-0.15, -0.1) is 0 Å². The summed E-state index contributed by atoms with van der Waals surface area (Å²) in [5.74, 6) is -3.43. The SMILES string of the molecule is O=C(O)c1cccc(C(=O)C(F)(F)F)c1. The molecule has 3 nitrogen and oxygen atoms in total. The summed E-state index contributed by atoms with van der Waals surface area (Å²) >= 11 is 0. The van der Waals surface area contributed by atoms with Gasteiger partial charge in [0.15, 0.2) is 0 Å². The molecular formula is C9H5F3O3. The lowest BCUT2D eigenvalue weighted by Crippen LogP contribution is -2.22. The van der Waals surface area contributed by atoms with Gasteiger partial charge in [-0.2, -0.15) is 13.2 Å². The summed E-state index contributed by atoms with van der Waals surface area (Å²) in [5.41, 5.74) is -1.03. The van der Waals surface area contributed by atoms with Gasteiger partial charge in [0.1, 0.15) is 0 Å². The Morgan fingerprint density at radius 2 is 1.67 bits per heavy atom. The van der Waals surface area contributed by atoms with Crippen molar-refractivity contribution in [3.63, 3.8) is 0 Å². The van der Waals surface area contributed by atoms with E-state index in [1.807, 2.05) is 0 Å². The predicted molar refractivity (Wildman–Crippen MR) is 43.8 cm³/mol. The molecule has 1 rings (SSSR count). The molecule has 0 unspecified atom stereocenters. The Bertz CT molecular complexity index is 409. The first-order valence-electron chi connectivity index (χ1n) is 3.77. The summed E-state index contributed by atoms with van der Waals surface area (Å²) in [6.07, 6.45) is -4.99. The van der Waals surface area contributed by atoms with E-state index in [1.54, 1.807) is 0 Å². The maximum Gasteiger partial charge on any atom is 0.454 e. The van der Waals surface area contributed by atoms with Crippen LogP contribution in [0, 0.1) is 0 Å². The fourth-order valence-electron chi connectivity index (χ4n) is 0.957. The van der Waals surface area contributed by atoms with Crippen LogP contribution >= 0.6 is 0 Å². The van der Waals surface area contributed by atoms with Crippen molar-refractivity contribution in [3.05, 3.63) is 35.4 Å². The highest BCUT2D eigenvalue weighted by Gasteiger charge is 2.39. The van der Waals surface area contributed by atoms with Crippen molar-refractivity contribution in [3.8, 4) is 0 Å². The van der Waals surface area contributed by atoms with E-state index in [0.717, 1.165) is 18.2 Å². The molecule has 6 heteroatoms. The normalized spacial score (nSPS) is 11.1. The standard InChI is InChI=1S/C9H5F3O3/c10-9(11,12)7(13)5-2-1-3-6(4-5)8(14)15/h1-4H,(H,14,15). The van der Waals surface area contributed by atoms with Crippen LogP contribution in [0.5, 0.6) is 0 Å². The molecule has 15 heavy (non-hydrogen) atoms. The van der Waals surface area contributed by atoms with Gasteiger partial charge in [0.2, 0.25) is 0 Å². The maximum atomic E-state index is 12.0.